The minimum atomic E-state index is -0.552. The molecule has 0 saturated heterocycles. The van der Waals surface area contributed by atoms with Crippen LogP contribution in [-0.4, -0.2) is 8.80 Å². The van der Waals surface area contributed by atoms with Crippen LogP contribution in [0, 0.1) is 0 Å². The molecular weight excluding hydrogens is 933 g/mol. The van der Waals surface area contributed by atoms with Gasteiger partial charge in [-0.3, -0.25) is 0 Å². The molecule has 0 N–H and O–H groups in total. The average molecular weight is 999 g/mol. The summed E-state index contributed by atoms with van der Waals surface area (Å²) < 4.78 is 70.1. The molecule has 6 aromatic heterocycles. The second-order valence-corrected chi connectivity index (χ2v) is 27.4. The lowest BCUT2D eigenvalue weighted by Gasteiger charge is -2.26. The van der Waals surface area contributed by atoms with Gasteiger partial charge in [-0.1, -0.05) is 180 Å². The third-order valence-electron chi connectivity index (χ3n) is 16.0. The number of thiophene rings is 2. The molecule has 4 heteroatoms. The first kappa shape index (κ1) is 38.6. The number of hydrogen-bond acceptors (Lipinski definition) is 2. The second-order valence-electron chi connectivity index (χ2n) is 25.2. The summed E-state index contributed by atoms with van der Waals surface area (Å²) in [6.07, 6.45) is 0. The molecule has 9 aromatic carbocycles. The fourth-order valence-corrected chi connectivity index (χ4v) is 14.6. The van der Waals surface area contributed by atoms with Crippen LogP contribution in [-0.2, 0) is 21.7 Å². The third kappa shape index (κ3) is 5.98. The van der Waals surface area contributed by atoms with Crippen LogP contribution in [0.5, 0.6) is 0 Å². The molecule has 6 heterocycles. The molecule has 0 saturated carbocycles. The summed E-state index contributed by atoms with van der Waals surface area (Å²) in [5.41, 5.74) is 9.24. The highest BCUT2D eigenvalue weighted by molar-refractivity contribution is 7.26. The summed E-state index contributed by atoms with van der Waals surface area (Å²) in [4.78, 5) is 0. The van der Waals surface area contributed by atoms with Crippen LogP contribution in [0.3, 0.4) is 0 Å². The van der Waals surface area contributed by atoms with E-state index in [1.54, 1.807) is 0 Å². The van der Waals surface area contributed by atoms with Gasteiger partial charge in [0, 0.05) is 83.4 Å². The van der Waals surface area contributed by atoms with E-state index in [0.717, 1.165) is 76.5 Å². The number of benzene rings is 9. The molecule has 15 rings (SSSR count). The van der Waals surface area contributed by atoms with Gasteiger partial charge >= 0.3 is 0 Å². The van der Waals surface area contributed by atoms with Crippen molar-refractivity contribution in [2.75, 3.05) is 0 Å². The third-order valence-corrected chi connectivity index (χ3v) is 18.3. The Kier molecular flexibility index (Phi) is 7.53. The van der Waals surface area contributed by atoms with Gasteiger partial charge in [0.05, 0.1) is 41.3 Å². The standard InChI is InChI=1S/C70H60N2S2/c1-67(2,3)39-29-37(30-40(33-39)68(4,5)6)43-21-23-47-61-51(25-27-57-63(61)45-17-13-15-19-55(45)73-57)71-53-36-50-54(35-49(53)59(43)65(47)71)72-52-26-28-58-64(46-18-14-16-20-56(46)74-58)62(52)48-24-22-44(60(50)66(48)72)38-31-41(69(7,8)9)34-42(32-38)70(10,11)12/h13-36H,1-12H3/i29D,30D,31D,32D,33D,34D. The van der Waals surface area contributed by atoms with Gasteiger partial charge in [-0.2, -0.15) is 0 Å². The number of aromatic nitrogens is 2. The molecule has 0 unspecified atom stereocenters. The van der Waals surface area contributed by atoms with E-state index in [-0.39, 0.29) is 36.3 Å². The van der Waals surface area contributed by atoms with Gasteiger partial charge in [0.1, 0.15) is 0 Å². The minimum Gasteiger partial charge on any atom is -0.308 e. The summed E-state index contributed by atoms with van der Waals surface area (Å²) in [5, 5.41) is 13.3. The van der Waals surface area contributed by atoms with Gasteiger partial charge < -0.3 is 8.80 Å². The molecule has 0 spiro atoms. The Morgan fingerprint density at radius 3 is 1.05 bits per heavy atom. The Labute approximate surface area is 448 Å². The zero-order chi connectivity index (χ0) is 56.1. The lowest BCUT2D eigenvalue weighted by atomic mass is 9.78. The Hall–Kier alpha value is -6.98. The van der Waals surface area contributed by atoms with Crippen molar-refractivity contribution in [3.05, 3.63) is 168 Å². The van der Waals surface area contributed by atoms with E-state index < -0.39 is 21.7 Å². The molecule has 15 aromatic rings. The fourth-order valence-electron chi connectivity index (χ4n) is 12.3. The molecule has 0 bridgehead atoms. The lowest BCUT2D eigenvalue weighted by Crippen LogP contribution is -2.16. The highest BCUT2D eigenvalue weighted by Crippen LogP contribution is 2.53. The van der Waals surface area contributed by atoms with Gasteiger partial charge in [-0.05, 0) is 115 Å². The molecule has 0 fully saturated rings. The highest BCUT2D eigenvalue weighted by atomic mass is 32.1. The van der Waals surface area contributed by atoms with Gasteiger partial charge in [-0.25, -0.2) is 0 Å². The van der Waals surface area contributed by atoms with Gasteiger partial charge in [0.2, 0.25) is 0 Å². The summed E-state index contributed by atoms with van der Waals surface area (Å²) in [5.74, 6) is 0. The number of nitrogens with zero attached hydrogens (tertiary/aromatic N) is 2. The zero-order valence-electron chi connectivity index (χ0n) is 50.1. The van der Waals surface area contributed by atoms with E-state index in [9.17, 15) is 8.22 Å². The maximum Gasteiger partial charge on any atom is 0.0632 e. The summed E-state index contributed by atoms with van der Waals surface area (Å²) in [6.45, 7) is 25.0. The van der Waals surface area contributed by atoms with Crippen LogP contribution >= 0.6 is 22.7 Å². The van der Waals surface area contributed by atoms with Crippen LogP contribution < -0.4 is 0 Å². The normalized spacial score (nSPS) is 14.8. The smallest absolute Gasteiger partial charge is 0.0632 e. The summed E-state index contributed by atoms with van der Waals surface area (Å²) >= 11 is 3.62. The van der Waals surface area contributed by atoms with Crippen molar-refractivity contribution in [3.63, 3.8) is 0 Å². The highest BCUT2D eigenvalue weighted by Gasteiger charge is 2.30. The maximum atomic E-state index is 10.2. The number of rotatable bonds is 2. The number of hydrogen-bond donors (Lipinski definition) is 0. The van der Waals surface area contributed by atoms with Crippen molar-refractivity contribution in [1.29, 1.82) is 0 Å². The predicted octanol–water partition coefficient (Wildman–Crippen LogP) is 21.2. The van der Waals surface area contributed by atoms with E-state index >= 15 is 0 Å². The van der Waals surface area contributed by atoms with Crippen LogP contribution in [0.15, 0.2) is 145 Å². The van der Waals surface area contributed by atoms with E-state index in [1.165, 1.54) is 51.1 Å². The molecule has 74 heavy (non-hydrogen) atoms. The largest absolute Gasteiger partial charge is 0.308 e. The Bertz CT molecular complexity index is 4880. The fraction of sp³-hybridized carbons (Fsp3) is 0.229. The Morgan fingerprint density at radius 2 is 0.689 bits per heavy atom. The Morgan fingerprint density at radius 1 is 0.324 bits per heavy atom. The molecule has 0 aliphatic carbocycles. The molecular formula is C70H60N2S2. The van der Waals surface area contributed by atoms with Crippen molar-refractivity contribution >= 4 is 139 Å². The van der Waals surface area contributed by atoms with E-state index in [1.807, 2.05) is 22.7 Å². The SMILES string of the molecule is [2H]c1c(-c2ccc3c4c5c(ccc4n4c6cc7c8c(-c9c([2H])c(C(C)(C)C)c([2H])c(C(C)(C)C)c9[2H])ccc9c%10c%11c(ccc%10n(c7cc6c2c34)c98)sc2ccccc2%11)sc2ccccc25)c([2H])c(C(C)(C)C)c([2H])c1C(C)(C)C. The lowest BCUT2D eigenvalue weighted by molar-refractivity contribution is 0.568. The topological polar surface area (TPSA) is 8.82 Å². The van der Waals surface area contributed by atoms with Gasteiger partial charge in [-0.15, -0.1) is 22.7 Å². The average Bonchev–Trinajstić information content (AvgIpc) is 4.36. The minimum absolute atomic E-state index is 0.224. The van der Waals surface area contributed by atoms with Crippen molar-refractivity contribution in [3.8, 4) is 22.3 Å². The van der Waals surface area contributed by atoms with Crippen LogP contribution in [0.1, 0.15) is 114 Å². The van der Waals surface area contributed by atoms with Gasteiger partial charge in [0.15, 0.2) is 0 Å². The van der Waals surface area contributed by atoms with E-state index in [2.05, 4.69) is 201 Å². The van der Waals surface area contributed by atoms with Crippen molar-refractivity contribution in [1.82, 2.24) is 8.80 Å². The van der Waals surface area contributed by atoms with Gasteiger partial charge in [0.25, 0.3) is 0 Å². The predicted molar refractivity (Wildman–Crippen MR) is 327 cm³/mol. The first-order valence-corrected chi connectivity index (χ1v) is 27.7. The monoisotopic (exact) mass is 998 g/mol. The van der Waals surface area contributed by atoms with Crippen LogP contribution in [0.2, 0.25) is 0 Å². The summed E-state index contributed by atoms with van der Waals surface area (Å²) in [7, 11) is 0. The number of fused-ring (bicyclic) bond motifs is 20. The molecule has 0 radical (unpaired) electrons. The first-order valence-electron chi connectivity index (χ1n) is 29.1. The van der Waals surface area contributed by atoms with E-state index in [4.69, 9.17) is 0 Å². The Balaban J connectivity index is 1.20. The van der Waals surface area contributed by atoms with Crippen molar-refractivity contribution < 1.29 is 8.22 Å². The molecule has 0 amide bonds. The quantitative estimate of drug-likeness (QED) is 0.163. The zero-order valence-corrected chi connectivity index (χ0v) is 45.7. The van der Waals surface area contributed by atoms with Crippen LogP contribution in [0.25, 0.3) is 139 Å². The van der Waals surface area contributed by atoms with E-state index in [0.29, 0.717) is 33.4 Å². The van der Waals surface area contributed by atoms with Crippen molar-refractivity contribution in [2.24, 2.45) is 0 Å². The molecule has 0 aliphatic rings. The second kappa shape index (κ2) is 14.4. The van der Waals surface area contributed by atoms with Crippen LogP contribution in [0.4, 0.5) is 0 Å². The molecule has 2 nitrogen and oxygen atoms in total. The first-order chi connectivity index (χ1) is 37.8. The molecule has 0 aliphatic heterocycles. The molecule has 362 valence electrons. The van der Waals surface area contributed by atoms with Crippen molar-refractivity contribution in [2.45, 2.75) is 105 Å². The maximum absolute atomic E-state index is 10.2. The molecule has 0 atom stereocenters. The summed E-state index contributed by atoms with van der Waals surface area (Å²) in [6, 6.07) is 41.4.